The molecule has 1 N–H and O–H groups in total. The summed E-state index contributed by atoms with van der Waals surface area (Å²) in [4.78, 5) is 26.2. The van der Waals surface area contributed by atoms with Gasteiger partial charge in [0.2, 0.25) is 0 Å². The smallest absolute Gasteiger partial charge is 0.410 e. The van der Waals surface area contributed by atoms with Crippen molar-refractivity contribution in [3.05, 3.63) is 54.4 Å². The average molecular weight is 394 g/mol. The third-order valence-electron chi connectivity index (χ3n) is 4.75. The lowest BCUT2D eigenvalue weighted by Crippen LogP contribution is -2.28. The van der Waals surface area contributed by atoms with Gasteiger partial charge in [-0.15, -0.1) is 0 Å². The molecule has 0 aliphatic carbocycles. The molecular weight excluding hydrogens is 372 g/mol. The highest BCUT2D eigenvalue weighted by Crippen LogP contribution is 2.29. The number of rotatable bonds is 7. The van der Waals surface area contributed by atoms with Crippen LogP contribution >= 0.6 is 0 Å². The van der Waals surface area contributed by atoms with Crippen LogP contribution in [0.3, 0.4) is 0 Å². The van der Waals surface area contributed by atoms with Crippen molar-refractivity contribution in [1.29, 1.82) is 0 Å². The first-order valence-corrected chi connectivity index (χ1v) is 9.56. The third-order valence-corrected chi connectivity index (χ3v) is 4.75. The van der Waals surface area contributed by atoms with Crippen molar-refractivity contribution in [3.63, 3.8) is 0 Å². The van der Waals surface area contributed by atoms with Crippen LogP contribution in [0, 0.1) is 0 Å². The number of carbonyl (C=O) groups excluding carboxylic acids is 2. The van der Waals surface area contributed by atoms with E-state index in [0.717, 1.165) is 10.8 Å². The van der Waals surface area contributed by atoms with Gasteiger partial charge in [-0.1, -0.05) is 30.3 Å². The molecule has 2 amide bonds. The van der Waals surface area contributed by atoms with E-state index in [1.54, 1.807) is 22.0 Å². The number of cyclic esters (lactones) is 1. The van der Waals surface area contributed by atoms with E-state index >= 15 is 0 Å². The van der Waals surface area contributed by atoms with Gasteiger partial charge in [0.05, 0.1) is 37.1 Å². The molecule has 0 spiro atoms. The van der Waals surface area contributed by atoms with Crippen LogP contribution < -0.4 is 10.1 Å². The molecule has 2 aromatic carbocycles. The van der Waals surface area contributed by atoms with Crippen LogP contribution in [0.1, 0.15) is 17.3 Å². The van der Waals surface area contributed by atoms with Gasteiger partial charge < -0.3 is 19.7 Å². The van der Waals surface area contributed by atoms with Gasteiger partial charge in [0, 0.05) is 12.7 Å². The fourth-order valence-corrected chi connectivity index (χ4v) is 3.36. The number of carbonyl (C=O) groups is 2. The fourth-order valence-electron chi connectivity index (χ4n) is 3.36. The summed E-state index contributed by atoms with van der Waals surface area (Å²) in [6.45, 7) is 4.39. The van der Waals surface area contributed by atoms with Crippen molar-refractivity contribution in [3.8, 4) is 5.75 Å². The molecule has 1 aliphatic rings. The van der Waals surface area contributed by atoms with Gasteiger partial charge in [-0.25, -0.2) is 4.79 Å². The maximum absolute atomic E-state index is 13.0. The Labute approximate surface area is 168 Å². The summed E-state index contributed by atoms with van der Waals surface area (Å²) in [5, 5.41) is 8.96. The first-order valence-electron chi connectivity index (χ1n) is 9.56. The van der Waals surface area contributed by atoms with Gasteiger partial charge >= 0.3 is 6.09 Å². The predicted octanol–water partition coefficient (Wildman–Crippen LogP) is 3.14. The van der Waals surface area contributed by atoms with Crippen LogP contribution in [0.5, 0.6) is 5.75 Å². The maximum atomic E-state index is 13.0. The van der Waals surface area contributed by atoms with Crippen molar-refractivity contribution in [2.75, 3.05) is 31.6 Å². The summed E-state index contributed by atoms with van der Waals surface area (Å²) in [6, 6.07) is 11.5. The van der Waals surface area contributed by atoms with Crippen molar-refractivity contribution in [1.82, 2.24) is 14.7 Å². The van der Waals surface area contributed by atoms with E-state index in [1.807, 2.05) is 43.3 Å². The molecule has 0 radical (unpaired) electrons. The Morgan fingerprint density at radius 2 is 2.10 bits per heavy atom. The topological polar surface area (TPSA) is 85.7 Å². The molecular formula is C21H22N4O4. The summed E-state index contributed by atoms with van der Waals surface area (Å²) in [6.07, 6.45) is 3.03. The molecule has 150 valence electrons. The maximum Gasteiger partial charge on any atom is 0.410 e. The number of nitrogens with one attached hydrogen (secondary N) is 1. The van der Waals surface area contributed by atoms with Gasteiger partial charge in [0.1, 0.15) is 12.4 Å². The Morgan fingerprint density at radius 1 is 1.24 bits per heavy atom. The Balaban J connectivity index is 1.50. The second-order valence-electron chi connectivity index (χ2n) is 6.64. The molecule has 1 fully saturated rings. The van der Waals surface area contributed by atoms with Crippen LogP contribution in [0.25, 0.3) is 10.8 Å². The van der Waals surface area contributed by atoms with Gasteiger partial charge in [-0.05, 0) is 23.8 Å². The highest BCUT2D eigenvalue weighted by molar-refractivity contribution is 6.14. The van der Waals surface area contributed by atoms with Gasteiger partial charge in [0.25, 0.3) is 5.91 Å². The van der Waals surface area contributed by atoms with Crippen LogP contribution in [0.2, 0.25) is 0 Å². The van der Waals surface area contributed by atoms with Gasteiger partial charge in [-0.3, -0.25) is 9.48 Å². The number of benzene rings is 2. The molecule has 0 saturated carbocycles. The highest BCUT2D eigenvalue weighted by atomic mass is 16.6. The minimum atomic E-state index is -0.301. The molecule has 3 aromatic rings. The van der Waals surface area contributed by atoms with Crippen LogP contribution in [0.15, 0.2) is 48.8 Å². The standard InChI is InChI=1S/C21H22N4O4/c1-2-28-18-8-7-15-5-3-4-6-17(15)19(18)20(26)23-16-13-22-25(14-16)10-9-24-11-12-29-21(24)27/h3-8,13-14H,2,9-12H2,1H3,(H,23,26). The fraction of sp³-hybridized carbons (Fsp3) is 0.286. The number of hydrogen-bond donors (Lipinski definition) is 1. The molecule has 0 atom stereocenters. The number of nitrogens with zero attached hydrogens (tertiary/aromatic N) is 3. The molecule has 1 aliphatic heterocycles. The molecule has 0 bridgehead atoms. The zero-order valence-corrected chi connectivity index (χ0v) is 16.1. The lowest BCUT2D eigenvalue weighted by atomic mass is 10.0. The normalized spacial score (nSPS) is 13.6. The molecule has 2 heterocycles. The van der Waals surface area contributed by atoms with Crippen LogP contribution in [0.4, 0.5) is 10.5 Å². The summed E-state index contributed by atoms with van der Waals surface area (Å²) in [5.74, 6) is 0.288. The monoisotopic (exact) mass is 394 g/mol. The third kappa shape index (κ3) is 4.01. The Morgan fingerprint density at radius 3 is 2.90 bits per heavy atom. The quantitative estimate of drug-likeness (QED) is 0.665. The van der Waals surface area contributed by atoms with E-state index in [9.17, 15) is 9.59 Å². The first-order chi connectivity index (χ1) is 14.2. The zero-order valence-electron chi connectivity index (χ0n) is 16.1. The minimum Gasteiger partial charge on any atom is -0.493 e. The number of fused-ring (bicyclic) bond motifs is 1. The van der Waals surface area contributed by atoms with E-state index in [0.29, 0.717) is 49.8 Å². The summed E-state index contributed by atoms with van der Waals surface area (Å²) < 4.78 is 12.3. The lowest BCUT2D eigenvalue weighted by molar-refractivity contribution is 0.102. The number of amides is 2. The Kier molecular flexibility index (Phi) is 5.33. The summed E-state index contributed by atoms with van der Waals surface area (Å²) in [5.41, 5.74) is 1.08. The largest absolute Gasteiger partial charge is 0.493 e. The summed E-state index contributed by atoms with van der Waals surface area (Å²) >= 11 is 0. The molecule has 1 aromatic heterocycles. The predicted molar refractivity (Wildman–Crippen MR) is 108 cm³/mol. The zero-order chi connectivity index (χ0) is 20.2. The number of anilines is 1. The second kappa shape index (κ2) is 8.22. The number of aromatic nitrogens is 2. The van der Waals surface area contributed by atoms with Crippen molar-refractivity contribution < 1.29 is 19.1 Å². The van der Waals surface area contributed by atoms with Crippen molar-refractivity contribution in [2.24, 2.45) is 0 Å². The van der Waals surface area contributed by atoms with Crippen molar-refractivity contribution >= 4 is 28.5 Å². The first kappa shape index (κ1) is 18.8. The number of ether oxygens (including phenoxy) is 2. The lowest BCUT2D eigenvalue weighted by Gasteiger charge is -2.13. The van der Waals surface area contributed by atoms with Crippen LogP contribution in [-0.4, -0.2) is 53.0 Å². The van der Waals surface area contributed by atoms with E-state index in [4.69, 9.17) is 9.47 Å². The Bertz CT molecular complexity index is 1050. The molecule has 8 nitrogen and oxygen atoms in total. The average Bonchev–Trinajstić information content (AvgIpc) is 3.34. The second-order valence-corrected chi connectivity index (χ2v) is 6.64. The highest BCUT2D eigenvalue weighted by Gasteiger charge is 2.21. The molecule has 29 heavy (non-hydrogen) atoms. The van der Waals surface area contributed by atoms with E-state index in [1.165, 1.54) is 0 Å². The number of hydrogen-bond acceptors (Lipinski definition) is 5. The SMILES string of the molecule is CCOc1ccc2ccccc2c1C(=O)Nc1cnn(CCN2CCOC2=O)c1. The minimum absolute atomic E-state index is 0.257. The van der Waals surface area contributed by atoms with Crippen LogP contribution in [-0.2, 0) is 11.3 Å². The van der Waals surface area contributed by atoms with E-state index in [-0.39, 0.29) is 12.0 Å². The van der Waals surface area contributed by atoms with E-state index in [2.05, 4.69) is 10.4 Å². The van der Waals surface area contributed by atoms with E-state index < -0.39 is 0 Å². The van der Waals surface area contributed by atoms with Gasteiger partial charge in [-0.2, -0.15) is 5.10 Å². The summed E-state index contributed by atoms with van der Waals surface area (Å²) in [7, 11) is 0. The molecule has 8 heteroatoms. The van der Waals surface area contributed by atoms with Gasteiger partial charge in [0.15, 0.2) is 0 Å². The van der Waals surface area contributed by atoms with Crippen molar-refractivity contribution in [2.45, 2.75) is 13.5 Å². The molecule has 1 saturated heterocycles. The molecule has 4 rings (SSSR count). The Hall–Kier alpha value is -3.55. The molecule has 0 unspecified atom stereocenters.